The molecular formula is C32H55NO23. The minimum atomic E-state index is -1.99. The number of aliphatic hydroxyl groups is 13. The first-order valence-corrected chi connectivity index (χ1v) is 18.2. The number of carbonyl (C=O) groups is 1. The summed E-state index contributed by atoms with van der Waals surface area (Å²) >= 11 is 0. The molecule has 24 heteroatoms. The number of aliphatic hydroxyl groups excluding tert-OH is 13. The average Bonchev–Trinajstić information content (AvgIpc) is 3.15. The van der Waals surface area contributed by atoms with Crippen molar-refractivity contribution in [3.8, 4) is 0 Å². The number of hydrogen-bond donors (Lipinski definition) is 14. The summed E-state index contributed by atoms with van der Waals surface area (Å²) in [7, 11) is 0. The van der Waals surface area contributed by atoms with Crippen molar-refractivity contribution in [2.24, 2.45) is 0 Å². The van der Waals surface area contributed by atoms with Gasteiger partial charge in [-0.1, -0.05) is 0 Å². The van der Waals surface area contributed by atoms with Crippen molar-refractivity contribution in [3.05, 3.63) is 0 Å². The molecule has 5 aliphatic heterocycles. The van der Waals surface area contributed by atoms with Gasteiger partial charge in [0.25, 0.3) is 0 Å². The Balaban J connectivity index is 1.38. The van der Waals surface area contributed by atoms with E-state index in [0.29, 0.717) is 0 Å². The van der Waals surface area contributed by atoms with Crippen LogP contribution in [-0.4, -0.2) is 239 Å². The van der Waals surface area contributed by atoms with Crippen LogP contribution in [0, 0.1) is 0 Å². The number of nitrogens with one attached hydrogen (secondary N) is 1. The van der Waals surface area contributed by atoms with Crippen molar-refractivity contribution >= 4 is 5.91 Å². The van der Waals surface area contributed by atoms with E-state index in [2.05, 4.69) is 5.32 Å². The maximum absolute atomic E-state index is 12.0. The molecule has 0 radical (unpaired) electrons. The van der Waals surface area contributed by atoms with Crippen LogP contribution in [0.2, 0.25) is 0 Å². The van der Waals surface area contributed by atoms with E-state index in [1.807, 2.05) is 0 Å². The molecular weight excluding hydrogens is 766 g/mol. The predicted octanol–water partition coefficient (Wildman–Crippen LogP) is -8.70. The van der Waals surface area contributed by atoms with Crippen LogP contribution in [0.25, 0.3) is 0 Å². The normalized spacial score (nSPS) is 53.1. The molecule has 0 bridgehead atoms. The predicted molar refractivity (Wildman–Crippen MR) is 174 cm³/mol. The summed E-state index contributed by atoms with van der Waals surface area (Å²) in [6.07, 6.45) is -39.4. The van der Waals surface area contributed by atoms with E-state index in [0.717, 1.165) is 6.92 Å². The highest BCUT2D eigenvalue weighted by molar-refractivity contribution is 5.73. The summed E-state index contributed by atoms with van der Waals surface area (Å²) < 4.78 is 51.7. The Morgan fingerprint density at radius 1 is 0.464 bits per heavy atom. The van der Waals surface area contributed by atoms with E-state index in [9.17, 15) is 71.2 Å². The third kappa shape index (κ3) is 9.31. The van der Waals surface area contributed by atoms with Crippen molar-refractivity contribution in [1.29, 1.82) is 0 Å². The Kier molecular flexibility index (Phi) is 15.4. The van der Waals surface area contributed by atoms with Crippen molar-refractivity contribution in [2.75, 3.05) is 13.2 Å². The van der Waals surface area contributed by atoms with E-state index in [-0.39, 0.29) is 0 Å². The topological polar surface area (TPSA) is 375 Å². The molecule has 5 saturated heterocycles. The highest BCUT2D eigenvalue weighted by Gasteiger charge is 2.56. The fraction of sp³-hybridized carbons (Fsp3) is 0.969. The molecule has 5 rings (SSSR count). The summed E-state index contributed by atoms with van der Waals surface area (Å²) in [6, 6.07) is -1.45. The van der Waals surface area contributed by atoms with E-state index in [1.54, 1.807) is 0 Å². The van der Waals surface area contributed by atoms with Gasteiger partial charge in [-0.05, 0) is 20.8 Å². The monoisotopic (exact) mass is 821 g/mol. The van der Waals surface area contributed by atoms with E-state index in [4.69, 9.17) is 42.6 Å². The summed E-state index contributed by atoms with van der Waals surface area (Å²) in [5, 5.41) is 139. The molecule has 0 aromatic carbocycles. The molecule has 0 aromatic heterocycles. The third-order valence-corrected chi connectivity index (χ3v) is 10.6. The number of rotatable bonds is 11. The zero-order valence-corrected chi connectivity index (χ0v) is 30.7. The smallest absolute Gasteiger partial charge is 0.217 e. The van der Waals surface area contributed by atoms with Crippen molar-refractivity contribution < 1.29 is 114 Å². The van der Waals surface area contributed by atoms with Gasteiger partial charge in [0, 0.05) is 6.92 Å². The summed E-state index contributed by atoms with van der Waals surface area (Å²) in [5.74, 6) is -0.668. The van der Waals surface area contributed by atoms with Gasteiger partial charge < -0.3 is 114 Å². The molecule has 5 fully saturated rings. The molecule has 24 nitrogen and oxygen atoms in total. The van der Waals surface area contributed by atoms with Crippen LogP contribution in [0.1, 0.15) is 27.7 Å². The first-order valence-electron chi connectivity index (χ1n) is 18.2. The Hall–Kier alpha value is -1.41. The lowest BCUT2D eigenvalue weighted by atomic mass is 9.95. The molecule has 25 unspecified atom stereocenters. The summed E-state index contributed by atoms with van der Waals surface area (Å²) in [6.45, 7) is 3.69. The number of carbonyl (C=O) groups excluding carboxylic acids is 1. The van der Waals surface area contributed by atoms with Gasteiger partial charge in [0.2, 0.25) is 5.91 Å². The van der Waals surface area contributed by atoms with Crippen LogP contribution in [0.5, 0.6) is 0 Å². The Morgan fingerprint density at radius 3 is 1.45 bits per heavy atom. The van der Waals surface area contributed by atoms with Gasteiger partial charge in [-0.25, -0.2) is 0 Å². The van der Waals surface area contributed by atoms with Crippen LogP contribution in [0.4, 0.5) is 0 Å². The molecule has 1 amide bonds. The van der Waals surface area contributed by atoms with E-state index >= 15 is 0 Å². The second kappa shape index (κ2) is 18.9. The highest BCUT2D eigenvalue weighted by atomic mass is 16.8. The zero-order valence-electron chi connectivity index (χ0n) is 30.7. The van der Waals surface area contributed by atoms with Gasteiger partial charge in [-0.2, -0.15) is 0 Å². The molecule has 5 aliphatic rings. The zero-order chi connectivity index (χ0) is 41.5. The fourth-order valence-corrected chi connectivity index (χ4v) is 7.34. The van der Waals surface area contributed by atoms with E-state index in [1.165, 1.54) is 20.8 Å². The molecule has 25 atom stereocenters. The van der Waals surface area contributed by atoms with Crippen LogP contribution in [-0.2, 0) is 47.4 Å². The van der Waals surface area contributed by atoms with Crippen LogP contribution in [0.15, 0.2) is 0 Å². The van der Waals surface area contributed by atoms with Gasteiger partial charge in [-0.3, -0.25) is 4.79 Å². The van der Waals surface area contributed by atoms with Crippen LogP contribution in [0.3, 0.4) is 0 Å². The minimum absolute atomic E-state index is 0.668. The summed E-state index contributed by atoms with van der Waals surface area (Å²) in [5.41, 5.74) is 0. The van der Waals surface area contributed by atoms with Crippen molar-refractivity contribution in [2.45, 2.75) is 181 Å². The molecule has 56 heavy (non-hydrogen) atoms. The second-order valence-corrected chi connectivity index (χ2v) is 14.6. The number of hydrogen-bond acceptors (Lipinski definition) is 23. The van der Waals surface area contributed by atoms with Crippen LogP contribution < -0.4 is 5.32 Å². The van der Waals surface area contributed by atoms with Gasteiger partial charge in [0.15, 0.2) is 31.5 Å². The van der Waals surface area contributed by atoms with Gasteiger partial charge >= 0.3 is 0 Å². The third-order valence-electron chi connectivity index (χ3n) is 10.6. The molecule has 0 saturated carbocycles. The lowest BCUT2D eigenvalue weighted by Crippen LogP contribution is -2.69. The van der Waals surface area contributed by atoms with Gasteiger partial charge in [-0.15, -0.1) is 0 Å². The Labute approximate surface area is 319 Å². The Morgan fingerprint density at radius 2 is 0.875 bits per heavy atom. The molecule has 14 N–H and O–H groups in total. The number of ether oxygens (including phenoxy) is 9. The lowest BCUT2D eigenvalue weighted by molar-refractivity contribution is -0.399. The quantitative estimate of drug-likeness (QED) is 0.0920. The maximum atomic E-state index is 12.0. The largest absolute Gasteiger partial charge is 0.394 e. The standard InChI is InChI=1S/C32H55NO23/c1-7-24(18(41)20(43)28(47)48-7)54-30-22(45)19(42)25(8(2)49-30)55-32-27(56-31-21(44)17(40)15(38)12(6-35)52-31)23(46)26(9(3)50-32)53-29-13(33-10(4)36)16(39)14(37)11(5-34)51-29/h7-9,11-32,34-35,37-47H,5-6H2,1-4H3,(H,33,36). The number of amides is 1. The second-order valence-electron chi connectivity index (χ2n) is 14.6. The first-order chi connectivity index (χ1) is 26.3. The van der Waals surface area contributed by atoms with Crippen molar-refractivity contribution in [3.63, 3.8) is 0 Å². The lowest BCUT2D eigenvalue weighted by Gasteiger charge is -2.50. The summed E-state index contributed by atoms with van der Waals surface area (Å²) in [4.78, 5) is 12.0. The average molecular weight is 822 g/mol. The molecule has 326 valence electrons. The molecule has 0 aliphatic carbocycles. The SMILES string of the molecule is CC(=O)NC1C(OC2C(C)OC(OC3C(C)OC(OC4C(C)OC(O)C(O)C4O)C(O)C3O)C(OC3OC(CO)C(O)C(O)C3O)C2O)OC(CO)C(O)C1O. The highest BCUT2D eigenvalue weighted by Crippen LogP contribution is 2.36. The molecule has 0 aromatic rings. The molecule has 0 spiro atoms. The molecule has 5 heterocycles. The maximum Gasteiger partial charge on any atom is 0.217 e. The van der Waals surface area contributed by atoms with Gasteiger partial charge in [0.05, 0.1) is 31.5 Å². The minimum Gasteiger partial charge on any atom is -0.394 e. The van der Waals surface area contributed by atoms with Crippen LogP contribution >= 0.6 is 0 Å². The fourth-order valence-electron chi connectivity index (χ4n) is 7.34. The van der Waals surface area contributed by atoms with Crippen molar-refractivity contribution in [1.82, 2.24) is 5.32 Å². The van der Waals surface area contributed by atoms with Gasteiger partial charge in [0.1, 0.15) is 104 Å². The Bertz CT molecular complexity index is 1270. The first kappa shape index (κ1) is 45.7. The van der Waals surface area contributed by atoms with E-state index < -0.39 is 173 Å².